The number of carbonyl (C=O) groups is 1. The molecule has 0 fully saturated rings. The van der Waals surface area contributed by atoms with E-state index in [2.05, 4.69) is 15.2 Å². The van der Waals surface area contributed by atoms with Crippen molar-refractivity contribution in [1.29, 1.82) is 0 Å². The van der Waals surface area contributed by atoms with Crippen LogP contribution in [0.4, 0.5) is 32.0 Å². The van der Waals surface area contributed by atoms with E-state index in [1.54, 1.807) is 0 Å². The summed E-state index contributed by atoms with van der Waals surface area (Å²) in [4.78, 5) is 12.2. The first kappa shape index (κ1) is 20.9. The van der Waals surface area contributed by atoms with Crippen molar-refractivity contribution < 1.29 is 35.9 Å². The first-order valence-electron chi connectivity index (χ1n) is 7.31. The zero-order chi connectivity index (χ0) is 20.3. The minimum absolute atomic E-state index is 0.0540. The van der Waals surface area contributed by atoms with Crippen LogP contribution in [0.1, 0.15) is 37.2 Å². The van der Waals surface area contributed by atoms with Crippen molar-refractivity contribution in [1.82, 2.24) is 9.78 Å². The van der Waals surface area contributed by atoms with Crippen molar-refractivity contribution in [2.24, 2.45) is 0 Å². The highest BCUT2D eigenvalue weighted by atomic mass is 35.5. The second-order valence-electron chi connectivity index (χ2n) is 5.23. The first-order valence-corrected chi connectivity index (χ1v) is 7.68. The standard InChI is InChI=1S/C15H12ClF6N3O2/c1-6(25-10(13(19)20)5-9(24-25)12(17)18)14(26)23-7-2-3-11(8(16)4-7)27-15(21)22/h2-6,12-13,15H,1H3,(H,23,26). The lowest BCUT2D eigenvalue weighted by molar-refractivity contribution is -0.119. The number of halogens is 7. The van der Waals surface area contributed by atoms with Crippen LogP contribution < -0.4 is 10.1 Å². The maximum absolute atomic E-state index is 13.0. The van der Waals surface area contributed by atoms with Gasteiger partial charge in [0.15, 0.2) is 0 Å². The Labute approximate surface area is 153 Å². The maximum atomic E-state index is 13.0. The minimum atomic E-state index is -3.12. The Bertz CT molecular complexity index is 815. The lowest BCUT2D eigenvalue weighted by atomic mass is 10.2. The fourth-order valence-electron chi connectivity index (χ4n) is 2.14. The number of carbonyl (C=O) groups excluding carboxylic acids is 1. The van der Waals surface area contributed by atoms with E-state index in [1.807, 2.05) is 0 Å². The third-order valence-corrected chi connectivity index (χ3v) is 3.69. The van der Waals surface area contributed by atoms with Crippen molar-refractivity contribution in [3.8, 4) is 5.75 Å². The van der Waals surface area contributed by atoms with E-state index in [-0.39, 0.29) is 16.5 Å². The van der Waals surface area contributed by atoms with Gasteiger partial charge in [-0.2, -0.15) is 13.9 Å². The minimum Gasteiger partial charge on any atom is -0.433 e. The molecule has 0 bridgehead atoms. The van der Waals surface area contributed by atoms with Crippen molar-refractivity contribution in [2.45, 2.75) is 32.4 Å². The summed E-state index contributed by atoms with van der Waals surface area (Å²) in [6, 6.07) is 2.52. The Morgan fingerprint density at radius 1 is 1.15 bits per heavy atom. The SMILES string of the molecule is CC(C(=O)Nc1ccc(OC(F)F)c(Cl)c1)n1nc(C(F)F)cc1C(F)F. The van der Waals surface area contributed by atoms with Gasteiger partial charge >= 0.3 is 6.61 Å². The molecule has 1 heterocycles. The monoisotopic (exact) mass is 415 g/mol. The van der Waals surface area contributed by atoms with Gasteiger partial charge in [0.05, 0.1) is 5.02 Å². The second-order valence-corrected chi connectivity index (χ2v) is 5.64. The maximum Gasteiger partial charge on any atom is 0.387 e. The first-order chi connectivity index (χ1) is 12.6. The van der Waals surface area contributed by atoms with Crippen LogP contribution in [0.2, 0.25) is 5.02 Å². The summed E-state index contributed by atoms with van der Waals surface area (Å²) in [5.74, 6) is -1.19. The summed E-state index contributed by atoms with van der Waals surface area (Å²) < 4.78 is 80.5. The number of rotatable bonds is 7. The van der Waals surface area contributed by atoms with E-state index in [4.69, 9.17) is 11.6 Å². The molecular weight excluding hydrogens is 404 g/mol. The molecule has 1 aromatic carbocycles. The largest absolute Gasteiger partial charge is 0.433 e. The van der Waals surface area contributed by atoms with Crippen LogP contribution >= 0.6 is 11.6 Å². The number of hydrogen-bond acceptors (Lipinski definition) is 3. The molecule has 0 spiro atoms. The molecule has 0 aliphatic rings. The van der Waals surface area contributed by atoms with Gasteiger partial charge in [-0.25, -0.2) is 17.6 Å². The molecule has 2 rings (SSSR count). The third kappa shape index (κ3) is 5.06. The number of alkyl halides is 6. The van der Waals surface area contributed by atoms with Gasteiger partial charge in [0.1, 0.15) is 23.2 Å². The fourth-order valence-corrected chi connectivity index (χ4v) is 2.36. The van der Waals surface area contributed by atoms with E-state index in [1.165, 1.54) is 13.0 Å². The van der Waals surface area contributed by atoms with Crippen LogP contribution in [-0.4, -0.2) is 22.3 Å². The van der Waals surface area contributed by atoms with Gasteiger partial charge < -0.3 is 10.1 Å². The number of amides is 1. The number of ether oxygens (including phenoxy) is 1. The van der Waals surface area contributed by atoms with Crippen LogP contribution in [0.25, 0.3) is 0 Å². The Morgan fingerprint density at radius 3 is 2.33 bits per heavy atom. The third-order valence-electron chi connectivity index (χ3n) is 3.39. The van der Waals surface area contributed by atoms with Gasteiger partial charge in [-0.15, -0.1) is 0 Å². The Hall–Kier alpha value is -2.43. The van der Waals surface area contributed by atoms with Gasteiger partial charge in [0.2, 0.25) is 5.91 Å². The number of anilines is 1. The van der Waals surface area contributed by atoms with Crippen LogP contribution in [0, 0.1) is 0 Å². The van der Waals surface area contributed by atoms with Crippen molar-refractivity contribution >= 4 is 23.2 Å². The van der Waals surface area contributed by atoms with Gasteiger partial charge in [0, 0.05) is 5.69 Å². The van der Waals surface area contributed by atoms with Crippen LogP contribution in [0.3, 0.4) is 0 Å². The van der Waals surface area contributed by atoms with Crippen molar-refractivity contribution in [3.05, 3.63) is 40.7 Å². The molecule has 0 aliphatic carbocycles. The van der Waals surface area contributed by atoms with Crippen LogP contribution in [-0.2, 0) is 4.79 Å². The predicted molar refractivity (Wildman–Crippen MR) is 83.6 cm³/mol. The average Bonchev–Trinajstić information content (AvgIpc) is 3.02. The molecule has 12 heteroatoms. The lowest BCUT2D eigenvalue weighted by Gasteiger charge is -2.16. The zero-order valence-electron chi connectivity index (χ0n) is 13.5. The molecule has 0 saturated heterocycles. The smallest absolute Gasteiger partial charge is 0.387 e. The van der Waals surface area contributed by atoms with Gasteiger partial charge in [-0.05, 0) is 31.2 Å². The van der Waals surface area contributed by atoms with E-state index < -0.39 is 42.8 Å². The van der Waals surface area contributed by atoms with Gasteiger partial charge in [-0.1, -0.05) is 11.6 Å². The summed E-state index contributed by atoms with van der Waals surface area (Å²) in [6.45, 7) is -1.92. The molecule has 1 N–H and O–H groups in total. The molecule has 5 nitrogen and oxygen atoms in total. The Morgan fingerprint density at radius 2 is 1.81 bits per heavy atom. The summed E-state index contributed by atoms with van der Waals surface area (Å²) in [6.07, 6.45) is -6.21. The normalized spacial score (nSPS) is 12.7. The van der Waals surface area contributed by atoms with Gasteiger partial charge in [0.25, 0.3) is 12.9 Å². The lowest BCUT2D eigenvalue weighted by Crippen LogP contribution is -2.26. The number of aromatic nitrogens is 2. The van der Waals surface area contributed by atoms with E-state index >= 15 is 0 Å². The molecule has 2 aromatic rings. The average molecular weight is 416 g/mol. The Balaban J connectivity index is 2.20. The molecule has 148 valence electrons. The van der Waals surface area contributed by atoms with E-state index in [0.29, 0.717) is 10.7 Å². The molecule has 1 unspecified atom stereocenters. The number of hydrogen-bond donors (Lipinski definition) is 1. The van der Waals surface area contributed by atoms with Crippen molar-refractivity contribution in [3.63, 3.8) is 0 Å². The molecule has 0 aliphatic heterocycles. The van der Waals surface area contributed by atoms with Crippen LogP contribution in [0.15, 0.2) is 24.3 Å². The second kappa shape index (κ2) is 8.51. The summed E-state index contributed by atoms with van der Waals surface area (Å²) in [5.41, 5.74) is -1.67. The molecule has 27 heavy (non-hydrogen) atoms. The molecular formula is C15H12ClF6N3O2. The summed E-state index contributed by atoms with van der Waals surface area (Å²) in [5, 5.41) is 5.43. The molecule has 1 aromatic heterocycles. The van der Waals surface area contributed by atoms with E-state index in [9.17, 15) is 31.1 Å². The van der Waals surface area contributed by atoms with E-state index in [0.717, 1.165) is 12.1 Å². The molecule has 0 saturated carbocycles. The Kier molecular flexibility index (Phi) is 6.58. The highest BCUT2D eigenvalue weighted by Gasteiger charge is 2.27. The highest BCUT2D eigenvalue weighted by Crippen LogP contribution is 2.30. The summed E-state index contributed by atoms with van der Waals surface area (Å²) in [7, 11) is 0. The fraction of sp³-hybridized carbons (Fsp3) is 0.333. The quantitative estimate of drug-likeness (QED) is 0.631. The zero-order valence-corrected chi connectivity index (χ0v) is 14.2. The van der Waals surface area contributed by atoms with Crippen molar-refractivity contribution in [2.75, 3.05) is 5.32 Å². The molecule has 0 radical (unpaired) electrons. The highest BCUT2D eigenvalue weighted by molar-refractivity contribution is 6.32. The van der Waals surface area contributed by atoms with Gasteiger partial charge in [-0.3, -0.25) is 9.48 Å². The predicted octanol–water partition coefficient (Wildman–Crippen LogP) is 5.21. The summed E-state index contributed by atoms with van der Waals surface area (Å²) >= 11 is 5.75. The molecule has 1 amide bonds. The van der Waals surface area contributed by atoms with Crippen LogP contribution in [0.5, 0.6) is 5.75 Å². The topological polar surface area (TPSA) is 56.1 Å². The number of nitrogens with zero attached hydrogens (tertiary/aromatic N) is 2. The number of nitrogens with one attached hydrogen (secondary N) is 1. The number of benzene rings is 1. The molecule has 1 atom stereocenters.